The van der Waals surface area contributed by atoms with Crippen LogP contribution in [0.25, 0.3) is 6.08 Å². The summed E-state index contributed by atoms with van der Waals surface area (Å²) in [6, 6.07) is 9.02. The summed E-state index contributed by atoms with van der Waals surface area (Å²) >= 11 is 0. The third kappa shape index (κ3) is 2.83. The number of benzene rings is 1. The predicted molar refractivity (Wildman–Crippen MR) is 81.5 cm³/mol. The summed E-state index contributed by atoms with van der Waals surface area (Å²) in [5, 5.41) is 9.57. The van der Waals surface area contributed by atoms with Gasteiger partial charge >= 0.3 is 6.03 Å². The Kier molecular flexibility index (Phi) is 3.61. The van der Waals surface area contributed by atoms with Crippen LogP contribution in [0.3, 0.4) is 0 Å². The molecule has 0 saturated carbocycles. The number of nitrogens with two attached hydrogens (primary N) is 1. The molecule has 3 rings (SSSR count). The number of anilines is 1. The molecule has 3 amide bonds. The molecule has 0 unspecified atom stereocenters. The van der Waals surface area contributed by atoms with Crippen LogP contribution in [0.2, 0.25) is 0 Å². The molecule has 1 aliphatic heterocycles. The van der Waals surface area contributed by atoms with Crippen molar-refractivity contribution >= 4 is 23.8 Å². The zero-order chi connectivity index (χ0) is 15.5. The van der Waals surface area contributed by atoms with E-state index in [4.69, 9.17) is 5.73 Å². The number of carbonyl (C=O) groups excluding carboxylic acids is 2. The van der Waals surface area contributed by atoms with Crippen LogP contribution in [0.15, 0.2) is 36.4 Å². The van der Waals surface area contributed by atoms with Crippen molar-refractivity contribution in [2.75, 3.05) is 5.32 Å². The summed E-state index contributed by atoms with van der Waals surface area (Å²) in [6.07, 6.45) is 3.16. The molecule has 0 atom stereocenters. The Labute approximate surface area is 126 Å². The van der Waals surface area contributed by atoms with Crippen LogP contribution in [-0.2, 0) is 17.9 Å². The summed E-state index contributed by atoms with van der Waals surface area (Å²) in [5.74, 6) is 0.150. The second-order valence-corrected chi connectivity index (χ2v) is 4.96. The van der Waals surface area contributed by atoms with E-state index in [9.17, 15) is 9.59 Å². The number of hydrogen-bond acceptors (Lipinski definition) is 3. The fourth-order valence-corrected chi connectivity index (χ4v) is 2.29. The maximum Gasteiger partial charge on any atom is 0.315 e. The molecule has 0 radical (unpaired) electrons. The molecule has 0 spiro atoms. The molecular formula is C15H15N5O2. The van der Waals surface area contributed by atoms with E-state index in [2.05, 4.69) is 15.5 Å². The summed E-state index contributed by atoms with van der Waals surface area (Å²) in [7, 11) is 0. The van der Waals surface area contributed by atoms with Crippen molar-refractivity contribution in [2.24, 2.45) is 5.73 Å². The molecule has 22 heavy (non-hydrogen) atoms. The van der Waals surface area contributed by atoms with E-state index < -0.39 is 6.03 Å². The number of rotatable bonds is 3. The number of aromatic amines is 1. The SMILES string of the molecule is NC(=O)N1Cc2[nH]nc(NC(=O)/C=C/c3ccccc3)c2C1. The molecule has 4 N–H and O–H groups in total. The Morgan fingerprint density at radius 2 is 2.05 bits per heavy atom. The van der Waals surface area contributed by atoms with Crippen LogP contribution < -0.4 is 11.1 Å². The molecule has 0 bridgehead atoms. The molecular weight excluding hydrogens is 282 g/mol. The van der Waals surface area contributed by atoms with Crippen molar-refractivity contribution in [3.8, 4) is 0 Å². The Bertz CT molecular complexity index is 736. The smallest absolute Gasteiger partial charge is 0.315 e. The summed E-state index contributed by atoms with van der Waals surface area (Å²) in [6.45, 7) is 0.729. The minimum atomic E-state index is -0.495. The number of nitrogens with zero attached hydrogens (tertiary/aromatic N) is 2. The number of hydrogen-bond donors (Lipinski definition) is 3. The summed E-state index contributed by atoms with van der Waals surface area (Å²) in [4.78, 5) is 24.6. The number of amides is 3. The molecule has 1 aromatic carbocycles. The van der Waals surface area contributed by atoms with E-state index in [1.807, 2.05) is 30.3 Å². The lowest BCUT2D eigenvalue weighted by Crippen LogP contribution is -2.31. The maximum atomic E-state index is 11.9. The first-order valence-electron chi connectivity index (χ1n) is 6.78. The van der Waals surface area contributed by atoms with Crippen LogP contribution in [0, 0.1) is 0 Å². The Balaban J connectivity index is 1.67. The molecule has 1 aliphatic rings. The fourth-order valence-electron chi connectivity index (χ4n) is 2.29. The van der Waals surface area contributed by atoms with Gasteiger partial charge in [0.15, 0.2) is 5.82 Å². The van der Waals surface area contributed by atoms with Gasteiger partial charge in [0, 0.05) is 11.6 Å². The average Bonchev–Trinajstić information content (AvgIpc) is 3.08. The lowest BCUT2D eigenvalue weighted by atomic mass is 10.2. The highest BCUT2D eigenvalue weighted by Crippen LogP contribution is 2.26. The number of fused-ring (bicyclic) bond motifs is 1. The van der Waals surface area contributed by atoms with E-state index >= 15 is 0 Å². The lowest BCUT2D eigenvalue weighted by Gasteiger charge is -2.11. The Morgan fingerprint density at radius 3 is 2.77 bits per heavy atom. The number of nitrogens with one attached hydrogen (secondary N) is 2. The van der Waals surface area contributed by atoms with E-state index in [-0.39, 0.29) is 5.91 Å². The van der Waals surface area contributed by atoms with Gasteiger partial charge in [0.25, 0.3) is 0 Å². The zero-order valence-corrected chi connectivity index (χ0v) is 11.7. The predicted octanol–water partition coefficient (Wildman–Crippen LogP) is 1.46. The largest absolute Gasteiger partial charge is 0.351 e. The number of primary amides is 1. The van der Waals surface area contributed by atoms with Gasteiger partial charge in [-0.15, -0.1) is 0 Å². The highest BCUT2D eigenvalue weighted by atomic mass is 16.2. The standard InChI is InChI=1S/C15H15N5O2/c16-15(22)20-8-11-12(9-20)18-19-14(11)17-13(21)7-6-10-4-2-1-3-5-10/h1-7H,8-9H2,(H2,16,22)(H2,17,18,19,21)/b7-6+. The van der Waals surface area contributed by atoms with E-state index in [1.165, 1.54) is 11.0 Å². The number of aromatic nitrogens is 2. The Hall–Kier alpha value is -3.09. The normalized spacial score (nSPS) is 13.4. The first-order chi connectivity index (χ1) is 10.6. The number of urea groups is 1. The first kappa shape index (κ1) is 13.9. The van der Waals surface area contributed by atoms with Crippen LogP contribution in [0.1, 0.15) is 16.8 Å². The minimum absolute atomic E-state index is 0.282. The van der Waals surface area contributed by atoms with Gasteiger partial charge in [0.1, 0.15) is 0 Å². The molecule has 7 heteroatoms. The third-order valence-corrected chi connectivity index (χ3v) is 3.43. The van der Waals surface area contributed by atoms with Crippen LogP contribution in [0.5, 0.6) is 0 Å². The van der Waals surface area contributed by atoms with Gasteiger partial charge in [0.05, 0.1) is 18.8 Å². The molecule has 0 saturated heterocycles. The number of H-pyrrole nitrogens is 1. The maximum absolute atomic E-state index is 11.9. The van der Waals surface area contributed by atoms with Gasteiger partial charge in [-0.1, -0.05) is 30.3 Å². The van der Waals surface area contributed by atoms with Gasteiger partial charge in [-0.3, -0.25) is 9.89 Å². The summed E-state index contributed by atoms with van der Waals surface area (Å²) in [5.41, 5.74) is 7.77. The van der Waals surface area contributed by atoms with Crippen molar-refractivity contribution in [2.45, 2.75) is 13.1 Å². The molecule has 0 aliphatic carbocycles. The lowest BCUT2D eigenvalue weighted by molar-refractivity contribution is -0.111. The van der Waals surface area contributed by atoms with Gasteiger partial charge in [-0.25, -0.2) is 4.79 Å². The zero-order valence-electron chi connectivity index (χ0n) is 11.7. The van der Waals surface area contributed by atoms with Crippen molar-refractivity contribution < 1.29 is 9.59 Å². The Morgan fingerprint density at radius 1 is 1.27 bits per heavy atom. The van der Waals surface area contributed by atoms with Crippen molar-refractivity contribution in [1.29, 1.82) is 0 Å². The molecule has 0 fully saturated rings. The van der Waals surface area contributed by atoms with Crippen molar-refractivity contribution in [3.05, 3.63) is 53.2 Å². The van der Waals surface area contributed by atoms with Gasteiger partial charge in [0.2, 0.25) is 5.91 Å². The fraction of sp³-hybridized carbons (Fsp3) is 0.133. The van der Waals surface area contributed by atoms with E-state index in [1.54, 1.807) is 6.08 Å². The van der Waals surface area contributed by atoms with Crippen molar-refractivity contribution in [1.82, 2.24) is 15.1 Å². The minimum Gasteiger partial charge on any atom is -0.351 e. The van der Waals surface area contributed by atoms with Crippen LogP contribution in [-0.4, -0.2) is 27.0 Å². The van der Waals surface area contributed by atoms with Gasteiger partial charge < -0.3 is 16.0 Å². The molecule has 112 valence electrons. The van der Waals surface area contributed by atoms with Crippen molar-refractivity contribution in [3.63, 3.8) is 0 Å². The highest BCUT2D eigenvalue weighted by molar-refractivity contribution is 6.01. The highest BCUT2D eigenvalue weighted by Gasteiger charge is 2.27. The second kappa shape index (κ2) is 5.72. The van der Waals surface area contributed by atoms with E-state index in [0.717, 1.165) is 16.8 Å². The molecule has 1 aromatic heterocycles. The van der Waals surface area contributed by atoms with E-state index in [0.29, 0.717) is 18.9 Å². The monoisotopic (exact) mass is 297 g/mol. The van der Waals surface area contributed by atoms with Gasteiger partial charge in [-0.2, -0.15) is 5.10 Å². The summed E-state index contributed by atoms with van der Waals surface area (Å²) < 4.78 is 0. The van der Waals surface area contributed by atoms with Crippen LogP contribution in [0.4, 0.5) is 10.6 Å². The quantitative estimate of drug-likeness (QED) is 0.747. The molecule has 7 nitrogen and oxygen atoms in total. The van der Waals surface area contributed by atoms with Crippen LogP contribution >= 0.6 is 0 Å². The average molecular weight is 297 g/mol. The topological polar surface area (TPSA) is 104 Å². The first-order valence-corrected chi connectivity index (χ1v) is 6.78. The molecule has 2 heterocycles. The third-order valence-electron chi connectivity index (χ3n) is 3.43. The molecule has 2 aromatic rings. The second-order valence-electron chi connectivity index (χ2n) is 4.96. The van der Waals surface area contributed by atoms with Gasteiger partial charge in [-0.05, 0) is 11.6 Å². The number of carbonyl (C=O) groups is 2.